The zero-order chi connectivity index (χ0) is 16.8. The second kappa shape index (κ2) is 7.97. The van der Waals surface area contributed by atoms with Gasteiger partial charge in [0.1, 0.15) is 0 Å². The van der Waals surface area contributed by atoms with E-state index in [2.05, 4.69) is 5.32 Å². The highest BCUT2D eigenvalue weighted by atomic mass is 16.2. The van der Waals surface area contributed by atoms with Crippen LogP contribution in [0.5, 0.6) is 0 Å². The van der Waals surface area contributed by atoms with E-state index in [1.807, 2.05) is 43.3 Å². The number of hydrogen-bond acceptors (Lipinski definition) is 4. The fourth-order valence-electron chi connectivity index (χ4n) is 2.82. The van der Waals surface area contributed by atoms with Crippen molar-refractivity contribution in [2.75, 3.05) is 45.2 Å². The Morgan fingerprint density at radius 1 is 1.39 bits per heavy atom. The Morgan fingerprint density at radius 3 is 2.87 bits per heavy atom. The fraction of sp³-hybridized carbons (Fsp3) is 0.529. The monoisotopic (exact) mass is 318 g/mol. The van der Waals surface area contributed by atoms with Gasteiger partial charge >= 0.3 is 0 Å². The molecule has 1 aromatic rings. The summed E-state index contributed by atoms with van der Waals surface area (Å²) in [5, 5.41) is 2.82. The minimum Gasteiger partial charge on any atom is -0.378 e. The number of nitrogens with two attached hydrogens (primary N) is 1. The molecule has 0 radical (unpaired) electrons. The summed E-state index contributed by atoms with van der Waals surface area (Å²) in [5.74, 6) is -0.156. The van der Waals surface area contributed by atoms with Crippen molar-refractivity contribution in [2.24, 2.45) is 11.7 Å². The molecule has 1 atom stereocenters. The number of nitrogens with one attached hydrogen (secondary N) is 1. The maximum atomic E-state index is 12.7. The van der Waals surface area contributed by atoms with Gasteiger partial charge in [-0.05, 0) is 31.0 Å². The average Bonchev–Trinajstić information content (AvgIpc) is 2.59. The van der Waals surface area contributed by atoms with Crippen LogP contribution in [0.4, 0.5) is 5.69 Å². The van der Waals surface area contributed by atoms with E-state index in [-0.39, 0.29) is 17.7 Å². The predicted octanol–water partition coefficient (Wildman–Crippen LogP) is 0.680. The Balaban J connectivity index is 2.04. The lowest BCUT2D eigenvalue weighted by Crippen LogP contribution is -2.46. The molecule has 0 spiro atoms. The molecular formula is C17H26N4O2. The SMILES string of the molecule is CN(C)c1cccc(C(=O)N2CCCC(C(=O)NCCN)C2)c1. The molecule has 1 heterocycles. The third-order valence-electron chi connectivity index (χ3n) is 4.13. The lowest BCUT2D eigenvalue weighted by atomic mass is 9.96. The first kappa shape index (κ1) is 17.3. The predicted molar refractivity (Wildman–Crippen MR) is 91.5 cm³/mol. The van der Waals surface area contributed by atoms with Crippen molar-refractivity contribution < 1.29 is 9.59 Å². The molecule has 0 aliphatic carbocycles. The first-order chi connectivity index (χ1) is 11.0. The third kappa shape index (κ3) is 4.45. The number of anilines is 1. The molecular weight excluding hydrogens is 292 g/mol. The average molecular weight is 318 g/mol. The van der Waals surface area contributed by atoms with Crippen LogP contribution < -0.4 is 16.0 Å². The highest BCUT2D eigenvalue weighted by Gasteiger charge is 2.28. The molecule has 1 unspecified atom stereocenters. The van der Waals surface area contributed by atoms with Crippen molar-refractivity contribution in [3.63, 3.8) is 0 Å². The van der Waals surface area contributed by atoms with Crippen molar-refractivity contribution in [3.8, 4) is 0 Å². The van der Waals surface area contributed by atoms with Gasteiger partial charge in [0.15, 0.2) is 0 Å². The van der Waals surface area contributed by atoms with Crippen LogP contribution in [0.15, 0.2) is 24.3 Å². The molecule has 1 fully saturated rings. The van der Waals surface area contributed by atoms with Crippen molar-refractivity contribution >= 4 is 17.5 Å². The van der Waals surface area contributed by atoms with Gasteiger partial charge in [0, 0.05) is 51.5 Å². The summed E-state index contributed by atoms with van der Waals surface area (Å²) < 4.78 is 0. The minimum absolute atomic E-state index is 0.00464. The van der Waals surface area contributed by atoms with Gasteiger partial charge in [0.25, 0.3) is 5.91 Å². The molecule has 0 saturated carbocycles. The number of piperidine rings is 1. The lowest BCUT2D eigenvalue weighted by molar-refractivity contribution is -0.126. The first-order valence-corrected chi connectivity index (χ1v) is 8.07. The van der Waals surface area contributed by atoms with Crippen molar-refractivity contribution in [3.05, 3.63) is 29.8 Å². The topological polar surface area (TPSA) is 78.7 Å². The first-order valence-electron chi connectivity index (χ1n) is 8.07. The van der Waals surface area contributed by atoms with Crippen LogP contribution in [0.2, 0.25) is 0 Å². The molecule has 2 amide bonds. The van der Waals surface area contributed by atoms with Crippen molar-refractivity contribution in [1.29, 1.82) is 0 Å². The number of carbonyl (C=O) groups excluding carboxylic acids is 2. The Labute approximate surface area is 137 Å². The Morgan fingerprint density at radius 2 is 2.17 bits per heavy atom. The second-order valence-electron chi connectivity index (χ2n) is 6.11. The summed E-state index contributed by atoms with van der Waals surface area (Å²) in [4.78, 5) is 28.6. The van der Waals surface area contributed by atoms with Crippen molar-refractivity contribution in [2.45, 2.75) is 12.8 Å². The Kier molecular flexibility index (Phi) is 5.98. The summed E-state index contributed by atoms with van der Waals surface area (Å²) in [5.41, 5.74) is 7.07. The molecule has 3 N–H and O–H groups in total. The maximum Gasteiger partial charge on any atom is 0.253 e. The number of rotatable bonds is 5. The molecule has 126 valence electrons. The van der Waals surface area contributed by atoms with Crippen LogP contribution in [0, 0.1) is 5.92 Å². The van der Waals surface area contributed by atoms with E-state index in [0.717, 1.165) is 18.5 Å². The van der Waals surface area contributed by atoms with Crippen LogP contribution >= 0.6 is 0 Å². The molecule has 23 heavy (non-hydrogen) atoms. The van der Waals surface area contributed by atoms with E-state index < -0.39 is 0 Å². The highest BCUT2D eigenvalue weighted by molar-refractivity contribution is 5.95. The van der Waals surface area contributed by atoms with Gasteiger partial charge in [-0.15, -0.1) is 0 Å². The van der Waals surface area contributed by atoms with Crippen LogP contribution in [0.3, 0.4) is 0 Å². The van der Waals surface area contributed by atoms with Crippen molar-refractivity contribution in [1.82, 2.24) is 10.2 Å². The van der Waals surface area contributed by atoms with Gasteiger partial charge < -0.3 is 20.9 Å². The van der Waals surface area contributed by atoms with Gasteiger partial charge in [-0.2, -0.15) is 0 Å². The molecule has 1 aliphatic heterocycles. The van der Waals surface area contributed by atoms with Crippen LogP contribution in [-0.4, -0.2) is 57.0 Å². The molecule has 1 saturated heterocycles. The number of carbonyl (C=O) groups is 2. The zero-order valence-electron chi connectivity index (χ0n) is 13.9. The fourth-order valence-corrected chi connectivity index (χ4v) is 2.82. The van der Waals surface area contributed by atoms with Gasteiger partial charge in [0.05, 0.1) is 5.92 Å². The summed E-state index contributed by atoms with van der Waals surface area (Å²) in [6.45, 7) is 2.08. The number of hydrogen-bond donors (Lipinski definition) is 2. The number of amides is 2. The van der Waals surface area contributed by atoms with Gasteiger partial charge in [-0.1, -0.05) is 6.07 Å². The van der Waals surface area contributed by atoms with E-state index in [1.165, 1.54) is 0 Å². The van der Waals surface area contributed by atoms with E-state index in [9.17, 15) is 9.59 Å². The summed E-state index contributed by atoms with van der Waals surface area (Å²) in [7, 11) is 3.89. The largest absolute Gasteiger partial charge is 0.378 e. The zero-order valence-corrected chi connectivity index (χ0v) is 13.9. The summed E-state index contributed by atoms with van der Waals surface area (Å²) >= 11 is 0. The van der Waals surface area contributed by atoms with E-state index in [4.69, 9.17) is 5.73 Å². The van der Waals surface area contributed by atoms with E-state index in [0.29, 0.717) is 31.7 Å². The molecule has 1 aromatic carbocycles. The lowest BCUT2D eigenvalue weighted by Gasteiger charge is -2.32. The highest BCUT2D eigenvalue weighted by Crippen LogP contribution is 2.20. The molecule has 0 bridgehead atoms. The van der Waals surface area contributed by atoms with E-state index >= 15 is 0 Å². The molecule has 6 nitrogen and oxygen atoms in total. The minimum atomic E-state index is -0.142. The van der Waals surface area contributed by atoms with Crippen LogP contribution in [0.25, 0.3) is 0 Å². The second-order valence-corrected chi connectivity index (χ2v) is 6.11. The van der Waals surface area contributed by atoms with Crippen LogP contribution in [0.1, 0.15) is 23.2 Å². The summed E-state index contributed by atoms with van der Waals surface area (Å²) in [6.07, 6.45) is 1.66. The number of likely N-dealkylation sites (tertiary alicyclic amines) is 1. The third-order valence-corrected chi connectivity index (χ3v) is 4.13. The molecule has 2 rings (SSSR count). The van der Waals surface area contributed by atoms with Crippen LogP contribution in [-0.2, 0) is 4.79 Å². The molecule has 1 aliphatic rings. The van der Waals surface area contributed by atoms with Gasteiger partial charge in [-0.3, -0.25) is 9.59 Å². The smallest absolute Gasteiger partial charge is 0.253 e. The quantitative estimate of drug-likeness (QED) is 0.837. The Bertz CT molecular complexity index is 559. The molecule has 0 aromatic heterocycles. The maximum absolute atomic E-state index is 12.7. The number of benzene rings is 1. The Hall–Kier alpha value is -2.08. The van der Waals surface area contributed by atoms with Gasteiger partial charge in [0.2, 0.25) is 5.91 Å². The standard InChI is InChI=1S/C17H26N4O2/c1-20(2)15-7-3-5-13(11-15)17(23)21-10-4-6-14(12-21)16(22)19-9-8-18/h3,5,7,11,14H,4,6,8-10,12,18H2,1-2H3,(H,19,22). The van der Waals surface area contributed by atoms with E-state index in [1.54, 1.807) is 4.90 Å². The van der Waals surface area contributed by atoms with Gasteiger partial charge in [-0.25, -0.2) is 0 Å². The number of nitrogens with zero attached hydrogens (tertiary/aromatic N) is 2. The summed E-state index contributed by atoms with van der Waals surface area (Å²) in [6, 6.07) is 7.57. The normalized spacial score (nSPS) is 17.7. The molecule has 6 heteroatoms.